The van der Waals surface area contributed by atoms with Crippen molar-refractivity contribution in [3.8, 4) is 0 Å². The zero-order valence-electron chi connectivity index (χ0n) is 17.6. The lowest BCUT2D eigenvalue weighted by atomic mass is 10.1. The number of hydrogen-bond donors (Lipinski definition) is 0. The van der Waals surface area contributed by atoms with Crippen LogP contribution in [0.4, 0.5) is 5.69 Å². The van der Waals surface area contributed by atoms with Gasteiger partial charge in [-0.1, -0.05) is 11.3 Å². The normalized spacial score (nSPS) is 11.9. The summed E-state index contributed by atoms with van der Waals surface area (Å²) in [6, 6.07) is 10.1. The number of aromatic nitrogens is 1. The van der Waals surface area contributed by atoms with Gasteiger partial charge in [0.05, 0.1) is 26.6 Å². The topological polar surface area (TPSA) is 104 Å². The van der Waals surface area contributed by atoms with E-state index < -0.39 is 16.8 Å². The highest BCUT2D eigenvalue weighted by Crippen LogP contribution is 2.29. The van der Waals surface area contributed by atoms with E-state index in [1.54, 1.807) is 23.6 Å². The first-order valence-electron chi connectivity index (χ1n) is 9.80. The van der Waals surface area contributed by atoms with Crippen LogP contribution in [0.2, 0.25) is 0 Å². The van der Waals surface area contributed by atoms with Crippen molar-refractivity contribution in [1.82, 2.24) is 4.57 Å². The average molecular weight is 470 g/mol. The molecule has 0 N–H and O–H groups in total. The van der Waals surface area contributed by atoms with Gasteiger partial charge in [-0.05, 0) is 56.2 Å². The van der Waals surface area contributed by atoms with Gasteiger partial charge in [0.25, 0.3) is 11.6 Å². The van der Waals surface area contributed by atoms with Gasteiger partial charge in [0.2, 0.25) is 0 Å². The molecule has 2 heterocycles. The molecule has 2 aromatic carbocycles. The molecule has 0 unspecified atom stereocenters. The second-order valence-corrected chi connectivity index (χ2v) is 9.28. The largest absolute Gasteiger partial charge is 0.465 e. The molecule has 0 aliphatic heterocycles. The van der Waals surface area contributed by atoms with E-state index >= 15 is 0 Å². The monoisotopic (exact) mass is 469 g/mol. The van der Waals surface area contributed by atoms with Gasteiger partial charge in [-0.3, -0.25) is 19.7 Å². The Balaban J connectivity index is 1.81. The van der Waals surface area contributed by atoms with Crippen molar-refractivity contribution >= 4 is 60.5 Å². The van der Waals surface area contributed by atoms with Gasteiger partial charge in [-0.15, -0.1) is 11.3 Å². The Morgan fingerprint density at radius 2 is 1.84 bits per heavy atom. The number of nitro benzene ring substituents is 1. The average Bonchev–Trinajstić information content (AvgIpc) is 3.30. The van der Waals surface area contributed by atoms with Gasteiger partial charge in [-0.2, -0.15) is 4.99 Å². The molecule has 2 aromatic heterocycles. The van der Waals surface area contributed by atoms with Crippen LogP contribution in [0.25, 0.3) is 20.3 Å². The number of rotatable bonds is 5. The van der Waals surface area contributed by atoms with Crippen molar-refractivity contribution in [2.45, 2.75) is 27.3 Å². The van der Waals surface area contributed by atoms with E-state index in [0.717, 1.165) is 26.0 Å². The first-order chi connectivity index (χ1) is 15.3. The number of aryl methyl sites for hydroxylation is 2. The summed E-state index contributed by atoms with van der Waals surface area (Å²) in [5, 5.41) is 11.6. The first-order valence-corrected chi connectivity index (χ1v) is 11.4. The Kier molecular flexibility index (Phi) is 5.90. The SMILES string of the molecule is CCOC(=O)Cn1c(=NC(=O)c2cc3cc([N+](=O)[O-])ccc3s2)sc2cc(C)c(C)cc21. The van der Waals surface area contributed by atoms with E-state index in [4.69, 9.17) is 4.74 Å². The maximum Gasteiger partial charge on any atom is 0.326 e. The number of carbonyl (C=O) groups is 2. The first kappa shape index (κ1) is 21.8. The molecule has 0 aliphatic carbocycles. The van der Waals surface area contributed by atoms with E-state index in [2.05, 4.69) is 4.99 Å². The lowest BCUT2D eigenvalue weighted by Gasteiger charge is -2.06. The molecule has 0 atom stereocenters. The molecule has 0 radical (unpaired) electrons. The summed E-state index contributed by atoms with van der Waals surface area (Å²) in [5.41, 5.74) is 2.95. The van der Waals surface area contributed by atoms with Crippen LogP contribution in [-0.4, -0.2) is 28.0 Å². The fraction of sp³-hybridized carbons (Fsp3) is 0.227. The maximum absolute atomic E-state index is 13.0. The molecule has 0 saturated heterocycles. The number of ether oxygens (including phenoxy) is 1. The van der Waals surface area contributed by atoms with Gasteiger partial charge in [-0.25, -0.2) is 0 Å². The molecule has 4 aromatic rings. The van der Waals surface area contributed by atoms with Crippen molar-refractivity contribution in [3.05, 3.63) is 67.3 Å². The summed E-state index contributed by atoms with van der Waals surface area (Å²) in [7, 11) is 0. The van der Waals surface area contributed by atoms with Gasteiger partial charge >= 0.3 is 5.97 Å². The zero-order chi connectivity index (χ0) is 23.0. The summed E-state index contributed by atoms with van der Waals surface area (Å²) < 4.78 is 8.47. The third-order valence-corrected chi connectivity index (χ3v) is 7.15. The minimum atomic E-state index is -0.470. The Morgan fingerprint density at radius 3 is 2.56 bits per heavy atom. The molecular formula is C22H19N3O5S2. The number of fused-ring (bicyclic) bond motifs is 2. The van der Waals surface area contributed by atoms with Gasteiger partial charge < -0.3 is 9.30 Å². The highest BCUT2D eigenvalue weighted by Gasteiger charge is 2.16. The number of benzene rings is 2. The number of nitro groups is 1. The predicted molar refractivity (Wildman–Crippen MR) is 124 cm³/mol. The van der Waals surface area contributed by atoms with Crippen LogP contribution in [0.15, 0.2) is 41.4 Å². The standard InChI is InChI=1S/C22H19N3O5S2/c1-4-30-20(26)11-24-16-7-12(2)13(3)8-18(16)32-22(24)23-21(27)19-10-14-9-15(25(28)29)5-6-17(14)31-19/h5-10H,4,11H2,1-3H3. The zero-order valence-corrected chi connectivity index (χ0v) is 19.2. The molecule has 0 aliphatic rings. The molecule has 32 heavy (non-hydrogen) atoms. The van der Waals surface area contributed by atoms with E-state index in [0.29, 0.717) is 15.1 Å². The molecule has 4 rings (SSSR count). The Labute approximate surface area is 190 Å². The fourth-order valence-electron chi connectivity index (χ4n) is 3.29. The van der Waals surface area contributed by atoms with Gasteiger partial charge in [0.1, 0.15) is 6.54 Å². The summed E-state index contributed by atoms with van der Waals surface area (Å²) in [6.07, 6.45) is 0. The highest BCUT2D eigenvalue weighted by molar-refractivity contribution is 7.21. The fourth-order valence-corrected chi connectivity index (χ4v) is 5.32. The quantitative estimate of drug-likeness (QED) is 0.238. The Morgan fingerprint density at radius 1 is 1.09 bits per heavy atom. The van der Waals surface area contributed by atoms with E-state index in [-0.39, 0.29) is 18.8 Å². The third-order valence-electron chi connectivity index (χ3n) is 5.01. The Bertz CT molecular complexity index is 1460. The lowest BCUT2D eigenvalue weighted by molar-refractivity contribution is -0.384. The number of hydrogen-bond acceptors (Lipinski definition) is 7. The van der Waals surface area contributed by atoms with Gasteiger partial charge in [0.15, 0.2) is 4.80 Å². The minimum Gasteiger partial charge on any atom is -0.465 e. The van der Waals surface area contributed by atoms with Crippen LogP contribution >= 0.6 is 22.7 Å². The van der Waals surface area contributed by atoms with Gasteiger partial charge in [0, 0.05) is 22.2 Å². The molecule has 0 fully saturated rings. The summed E-state index contributed by atoms with van der Waals surface area (Å²) in [6.45, 7) is 5.93. The number of nitrogens with zero attached hydrogens (tertiary/aromatic N) is 3. The lowest BCUT2D eigenvalue weighted by Crippen LogP contribution is -2.23. The number of thiazole rings is 1. The molecule has 0 saturated carbocycles. The second-order valence-electron chi connectivity index (χ2n) is 7.19. The van der Waals surface area contributed by atoms with Crippen LogP contribution in [0.3, 0.4) is 0 Å². The molecule has 10 heteroatoms. The number of amides is 1. The van der Waals surface area contributed by atoms with Crippen LogP contribution in [0, 0.1) is 24.0 Å². The summed E-state index contributed by atoms with van der Waals surface area (Å²) >= 11 is 2.55. The van der Waals surface area contributed by atoms with Crippen molar-refractivity contribution in [2.75, 3.05) is 6.61 Å². The van der Waals surface area contributed by atoms with Crippen molar-refractivity contribution < 1.29 is 19.2 Å². The minimum absolute atomic E-state index is 0.0336. The predicted octanol–water partition coefficient (Wildman–Crippen LogP) is 4.75. The summed E-state index contributed by atoms with van der Waals surface area (Å²) in [4.78, 5) is 40.8. The number of thiophene rings is 1. The molecule has 164 valence electrons. The second kappa shape index (κ2) is 8.64. The van der Waals surface area contributed by atoms with Crippen molar-refractivity contribution in [1.29, 1.82) is 0 Å². The number of carbonyl (C=O) groups excluding carboxylic acids is 2. The molecular weight excluding hydrogens is 450 g/mol. The molecule has 1 amide bonds. The van der Waals surface area contributed by atoms with Crippen molar-refractivity contribution in [3.63, 3.8) is 0 Å². The van der Waals surface area contributed by atoms with E-state index in [9.17, 15) is 19.7 Å². The van der Waals surface area contributed by atoms with Crippen LogP contribution < -0.4 is 4.80 Å². The Hall–Kier alpha value is -3.37. The van der Waals surface area contributed by atoms with Crippen LogP contribution in [-0.2, 0) is 16.1 Å². The number of esters is 1. The van der Waals surface area contributed by atoms with Crippen LogP contribution in [0.5, 0.6) is 0 Å². The highest BCUT2D eigenvalue weighted by atomic mass is 32.1. The summed E-state index contributed by atoms with van der Waals surface area (Å²) in [5.74, 6) is -0.875. The maximum atomic E-state index is 13.0. The van der Waals surface area contributed by atoms with E-state index in [1.165, 1.54) is 34.8 Å². The van der Waals surface area contributed by atoms with Crippen molar-refractivity contribution in [2.24, 2.45) is 4.99 Å². The molecule has 0 spiro atoms. The smallest absolute Gasteiger partial charge is 0.326 e. The third kappa shape index (κ3) is 4.19. The molecule has 8 nitrogen and oxygen atoms in total. The molecule has 0 bridgehead atoms. The number of non-ortho nitro benzene ring substituents is 1. The van der Waals surface area contributed by atoms with Crippen LogP contribution in [0.1, 0.15) is 27.7 Å². The van der Waals surface area contributed by atoms with E-state index in [1.807, 2.05) is 26.0 Å².